The largest absolute Gasteiger partial charge is 0.486 e. The molecule has 0 spiro atoms. The van der Waals surface area contributed by atoms with E-state index < -0.39 is 5.91 Å². The Balaban J connectivity index is 1.40. The fourth-order valence-corrected chi connectivity index (χ4v) is 2.75. The average Bonchev–Trinajstić information content (AvgIpc) is 3.38. The zero-order chi connectivity index (χ0) is 18.2. The number of amides is 1. The zero-order valence-corrected chi connectivity index (χ0v) is 13.8. The monoisotopic (exact) mass is 364 g/mol. The molecule has 0 atom stereocenters. The van der Waals surface area contributed by atoms with Crippen molar-refractivity contribution in [2.45, 2.75) is 0 Å². The van der Waals surface area contributed by atoms with Crippen molar-refractivity contribution in [1.82, 2.24) is 25.1 Å². The Morgan fingerprint density at radius 3 is 2.89 bits per heavy atom. The van der Waals surface area contributed by atoms with Crippen LogP contribution in [0.3, 0.4) is 0 Å². The Morgan fingerprint density at radius 2 is 1.96 bits per heavy atom. The Kier molecular flexibility index (Phi) is 3.46. The van der Waals surface area contributed by atoms with Gasteiger partial charge in [-0.3, -0.25) is 4.79 Å². The van der Waals surface area contributed by atoms with E-state index >= 15 is 0 Å². The second-order valence-corrected chi connectivity index (χ2v) is 5.71. The molecule has 0 aliphatic carbocycles. The number of anilines is 1. The molecule has 0 fully saturated rings. The van der Waals surface area contributed by atoms with Gasteiger partial charge in [0, 0.05) is 11.6 Å². The molecule has 4 aromatic rings. The van der Waals surface area contributed by atoms with E-state index in [1.54, 1.807) is 18.2 Å². The lowest BCUT2D eigenvalue weighted by molar-refractivity contribution is 0.101. The molecule has 0 radical (unpaired) electrons. The number of rotatable bonds is 3. The van der Waals surface area contributed by atoms with Crippen molar-refractivity contribution in [2.75, 3.05) is 18.5 Å². The summed E-state index contributed by atoms with van der Waals surface area (Å²) in [5, 5.41) is 6.51. The van der Waals surface area contributed by atoms with Gasteiger partial charge in [-0.15, -0.1) is 0 Å². The van der Waals surface area contributed by atoms with Crippen LogP contribution in [-0.4, -0.2) is 44.2 Å². The number of benzene rings is 1. The number of carbonyl (C=O) groups is 1. The summed E-state index contributed by atoms with van der Waals surface area (Å²) in [6, 6.07) is 6.94. The first-order valence-corrected chi connectivity index (χ1v) is 8.10. The highest BCUT2D eigenvalue weighted by atomic mass is 16.6. The van der Waals surface area contributed by atoms with E-state index in [1.807, 2.05) is 6.07 Å². The maximum atomic E-state index is 12.5. The minimum atomic E-state index is -0.461. The fraction of sp³-hybridized carbons (Fsp3) is 0.118. The van der Waals surface area contributed by atoms with Crippen molar-refractivity contribution in [3.63, 3.8) is 0 Å². The first kappa shape index (κ1) is 15.3. The molecule has 5 rings (SSSR count). The van der Waals surface area contributed by atoms with Crippen molar-refractivity contribution in [1.29, 1.82) is 0 Å². The first-order chi connectivity index (χ1) is 13.3. The molecule has 1 amide bonds. The van der Waals surface area contributed by atoms with E-state index in [-0.39, 0.29) is 5.69 Å². The lowest BCUT2D eigenvalue weighted by Crippen LogP contribution is -2.15. The molecular formula is C17H12N6O4. The highest BCUT2D eigenvalue weighted by Gasteiger charge is 2.18. The third-order valence-corrected chi connectivity index (χ3v) is 4.02. The number of hydrogen-bond acceptors (Lipinski definition) is 8. The van der Waals surface area contributed by atoms with E-state index in [2.05, 4.69) is 30.4 Å². The maximum absolute atomic E-state index is 12.5. The summed E-state index contributed by atoms with van der Waals surface area (Å²) in [5.41, 5.74) is 1.83. The number of aromatic nitrogens is 5. The van der Waals surface area contributed by atoms with E-state index in [0.717, 1.165) is 5.56 Å². The Bertz CT molecular complexity index is 1150. The topological polar surface area (TPSA) is 128 Å². The Morgan fingerprint density at radius 1 is 1.07 bits per heavy atom. The number of ether oxygens (including phenoxy) is 2. The molecule has 10 heteroatoms. The molecule has 1 aliphatic heterocycles. The number of H-pyrrole nitrogens is 1. The van der Waals surface area contributed by atoms with Crippen LogP contribution in [0.2, 0.25) is 0 Å². The summed E-state index contributed by atoms with van der Waals surface area (Å²) in [6.07, 6.45) is 2.80. The predicted octanol–water partition coefficient (Wildman–Crippen LogP) is 2.03. The van der Waals surface area contributed by atoms with Crippen LogP contribution in [0.5, 0.6) is 11.5 Å². The lowest BCUT2D eigenvalue weighted by atomic mass is 10.1. The standard InChI is InChI=1S/C17H12N6O4/c24-17(22-16-14-15(19-7-18-14)20-8-21-16)10-6-12(27-23-10)9-1-2-11-13(5-9)26-4-3-25-11/h1-2,5-8H,3-4H2,(H2,18,19,20,21,22,24). The van der Waals surface area contributed by atoms with Gasteiger partial charge < -0.3 is 24.3 Å². The van der Waals surface area contributed by atoms with Crippen LogP contribution in [0.1, 0.15) is 10.5 Å². The number of nitrogens with zero attached hydrogens (tertiary/aromatic N) is 4. The molecule has 1 aliphatic rings. The van der Waals surface area contributed by atoms with Gasteiger partial charge in [-0.05, 0) is 18.2 Å². The van der Waals surface area contributed by atoms with Gasteiger partial charge in [0.2, 0.25) is 0 Å². The third-order valence-electron chi connectivity index (χ3n) is 4.02. The third kappa shape index (κ3) is 2.72. The summed E-state index contributed by atoms with van der Waals surface area (Å²) < 4.78 is 16.4. The molecule has 3 aromatic heterocycles. The molecule has 0 unspecified atom stereocenters. The van der Waals surface area contributed by atoms with Gasteiger partial charge in [-0.2, -0.15) is 0 Å². The number of hydrogen-bond donors (Lipinski definition) is 2. The first-order valence-electron chi connectivity index (χ1n) is 8.10. The van der Waals surface area contributed by atoms with E-state index in [4.69, 9.17) is 14.0 Å². The minimum absolute atomic E-state index is 0.117. The molecule has 27 heavy (non-hydrogen) atoms. The molecule has 1 aromatic carbocycles. The number of aromatic amines is 1. The molecule has 2 N–H and O–H groups in total. The predicted molar refractivity (Wildman–Crippen MR) is 92.6 cm³/mol. The number of fused-ring (bicyclic) bond motifs is 2. The number of nitrogens with one attached hydrogen (secondary N) is 2. The van der Waals surface area contributed by atoms with Gasteiger partial charge in [0.05, 0.1) is 6.33 Å². The summed E-state index contributed by atoms with van der Waals surface area (Å²) >= 11 is 0. The molecule has 0 bridgehead atoms. The lowest BCUT2D eigenvalue weighted by Gasteiger charge is -2.18. The minimum Gasteiger partial charge on any atom is -0.486 e. The van der Waals surface area contributed by atoms with Crippen molar-refractivity contribution < 1.29 is 18.8 Å². The molecule has 0 saturated heterocycles. The van der Waals surface area contributed by atoms with E-state index in [9.17, 15) is 4.79 Å². The van der Waals surface area contributed by atoms with Crippen molar-refractivity contribution in [3.05, 3.63) is 42.6 Å². The Hall–Kier alpha value is -3.95. The van der Waals surface area contributed by atoms with Crippen LogP contribution in [-0.2, 0) is 0 Å². The van der Waals surface area contributed by atoms with Crippen LogP contribution in [0.4, 0.5) is 5.82 Å². The maximum Gasteiger partial charge on any atom is 0.279 e. The number of imidazole rings is 1. The molecule has 0 saturated carbocycles. The zero-order valence-electron chi connectivity index (χ0n) is 13.8. The summed E-state index contributed by atoms with van der Waals surface area (Å²) in [6.45, 7) is 1.01. The summed E-state index contributed by atoms with van der Waals surface area (Å²) in [4.78, 5) is 27.4. The highest BCUT2D eigenvalue weighted by molar-refractivity contribution is 6.05. The van der Waals surface area contributed by atoms with Gasteiger partial charge in [0.15, 0.2) is 34.4 Å². The van der Waals surface area contributed by atoms with Gasteiger partial charge >= 0.3 is 0 Å². The summed E-state index contributed by atoms with van der Waals surface area (Å²) in [5.74, 6) is 1.59. The fourth-order valence-electron chi connectivity index (χ4n) is 2.75. The van der Waals surface area contributed by atoms with Crippen LogP contribution >= 0.6 is 0 Å². The van der Waals surface area contributed by atoms with E-state index in [1.165, 1.54) is 12.7 Å². The van der Waals surface area contributed by atoms with Crippen molar-refractivity contribution in [3.8, 4) is 22.8 Å². The van der Waals surface area contributed by atoms with Gasteiger partial charge in [-0.25, -0.2) is 15.0 Å². The smallest absolute Gasteiger partial charge is 0.279 e. The molecule has 4 heterocycles. The molecule has 10 nitrogen and oxygen atoms in total. The van der Waals surface area contributed by atoms with Crippen LogP contribution in [0.25, 0.3) is 22.5 Å². The van der Waals surface area contributed by atoms with Crippen molar-refractivity contribution in [2.24, 2.45) is 0 Å². The highest BCUT2D eigenvalue weighted by Crippen LogP contribution is 2.34. The number of carbonyl (C=O) groups excluding carboxylic acids is 1. The van der Waals surface area contributed by atoms with Crippen LogP contribution < -0.4 is 14.8 Å². The van der Waals surface area contributed by atoms with Crippen LogP contribution in [0.15, 0.2) is 41.4 Å². The molecule has 134 valence electrons. The quantitative estimate of drug-likeness (QED) is 0.565. The second kappa shape index (κ2) is 6.09. The normalized spacial score (nSPS) is 12.9. The van der Waals surface area contributed by atoms with Gasteiger partial charge in [0.25, 0.3) is 5.91 Å². The van der Waals surface area contributed by atoms with Crippen LogP contribution in [0, 0.1) is 0 Å². The average molecular weight is 364 g/mol. The SMILES string of the molecule is O=C(Nc1ncnc2nc[nH]c12)c1cc(-c2ccc3c(c2)OCCO3)on1. The second-order valence-electron chi connectivity index (χ2n) is 5.71. The Labute approximate surface area is 151 Å². The molecular weight excluding hydrogens is 352 g/mol. The summed E-state index contributed by atoms with van der Waals surface area (Å²) in [7, 11) is 0. The van der Waals surface area contributed by atoms with Gasteiger partial charge in [-0.1, -0.05) is 5.16 Å². The van der Waals surface area contributed by atoms with Gasteiger partial charge in [0.1, 0.15) is 25.1 Å². The van der Waals surface area contributed by atoms with Crippen molar-refractivity contribution >= 4 is 22.9 Å². The van der Waals surface area contributed by atoms with E-state index in [0.29, 0.717) is 47.5 Å².